The minimum Gasteiger partial charge on any atom is -0.383 e. The molecular formula is C15H14IN3O3. The van der Waals surface area contributed by atoms with Crippen LogP contribution in [0.25, 0.3) is 0 Å². The summed E-state index contributed by atoms with van der Waals surface area (Å²) in [5, 5.41) is 16.4. The molecule has 0 spiro atoms. The van der Waals surface area contributed by atoms with E-state index in [2.05, 4.69) is 33.2 Å². The first-order valence-corrected chi connectivity index (χ1v) is 7.66. The van der Waals surface area contributed by atoms with Crippen LogP contribution in [0, 0.1) is 13.7 Å². The Bertz CT molecular complexity index is 674. The molecule has 0 bridgehead atoms. The summed E-state index contributed by atoms with van der Waals surface area (Å²) in [7, 11) is 0. The monoisotopic (exact) mass is 411 g/mol. The summed E-state index contributed by atoms with van der Waals surface area (Å²) in [6, 6.07) is 13.5. The molecular weight excluding hydrogens is 397 g/mol. The lowest BCUT2D eigenvalue weighted by Gasteiger charge is -2.08. The molecule has 0 unspecified atom stereocenters. The summed E-state index contributed by atoms with van der Waals surface area (Å²) in [6.45, 7) is 0.995. The smallest absolute Gasteiger partial charge is 0.269 e. The van der Waals surface area contributed by atoms with Gasteiger partial charge in [0.1, 0.15) is 0 Å². The van der Waals surface area contributed by atoms with E-state index in [-0.39, 0.29) is 11.6 Å². The summed E-state index contributed by atoms with van der Waals surface area (Å²) in [5.41, 5.74) is 1.45. The van der Waals surface area contributed by atoms with Gasteiger partial charge in [0, 0.05) is 40.0 Å². The number of hydrogen-bond donors (Lipinski definition) is 2. The zero-order valence-electron chi connectivity index (χ0n) is 11.6. The van der Waals surface area contributed by atoms with E-state index in [1.165, 1.54) is 12.1 Å². The Morgan fingerprint density at radius 2 is 1.86 bits per heavy atom. The van der Waals surface area contributed by atoms with E-state index in [1.807, 2.05) is 18.2 Å². The van der Waals surface area contributed by atoms with Gasteiger partial charge in [-0.25, -0.2) is 0 Å². The van der Waals surface area contributed by atoms with E-state index in [4.69, 9.17) is 0 Å². The van der Waals surface area contributed by atoms with E-state index in [0.717, 1.165) is 9.26 Å². The molecule has 0 aliphatic heterocycles. The second-order valence-corrected chi connectivity index (χ2v) is 5.74. The number of carbonyl (C=O) groups excluding carboxylic acids is 1. The largest absolute Gasteiger partial charge is 0.383 e. The Morgan fingerprint density at radius 3 is 2.50 bits per heavy atom. The van der Waals surface area contributed by atoms with Gasteiger partial charge in [0.2, 0.25) is 0 Å². The first-order chi connectivity index (χ1) is 10.6. The summed E-state index contributed by atoms with van der Waals surface area (Å²) in [4.78, 5) is 22.0. The third-order valence-electron chi connectivity index (χ3n) is 2.90. The molecule has 22 heavy (non-hydrogen) atoms. The highest BCUT2D eigenvalue weighted by molar-refractivity contribution is 14.1. The molecule has 0 aliphatic carbocycles. The Labute approximate surface area is 141 Å². The maximum absolute atomic E-state index is 11.9. The Balaban J connectivity index is 1.77. The summed E-state index contributed by atoms with van der Waals surface area (Å²) < 4.78 is 1.01. The van der Waals surface area contributed by atoms with Gasteiger partial charge in [0.05, 0.1) is 4.92 Å². The van der Waals surface area contributed by atoms with Crippen molar-refractivity contribution in [2.45, 2.75) is 0 Å². The predicted octanol–water partition coefficient (Wildman–Crippen LogP) is 3.04. The Morgan fingerprint density at radius 1 is 1.14 bits per heavy atom. The Hall–Kier alpha value is -2.16. The maximum atomic E-state index is 11.9. The molecule has 6 nitrogen and oxygen atoms in total. The van der Waals surface area contributed by atoms with Crippen molar-refractivity contribution in [2.24, 2.45) is 0 Å². The summed E-state index contributed by atoms with van der Waals surface area (Å²) in [5.74, 6) is -0.121. The van der Waals surface area contributed by atoms with Crippen molar-refractivity contribution in [1.82, 2.24) is 5.32 Å². The number of nitrogens with zero attached hydrogens (tertiary/aromatic N) is 1. The van der Waals surface area contributed by atoms with Gasteiger partial charge in [0.25, 0.3) is 11.6 Å². The quantitative estimate of drug-likeness (QED) is 0.331. The molecule has 0 aromatic heterocycles. The molecule has 0 atom stereocenters. The van der Waals surface area contributed by atoms with Crippen molar-refractivity contribution in [1.29, 1.82) is 0 Å². The molecule has 0 aliphatic rings. The topological polar surface area (TPSA) is 84.3 Å². The van der Waals surface area contributed by atoms with E-state index < -0.39 is 4.92 Å². The zero-order chi connectivity index (χ0) is 15.9. The number of halogens is 1. The van der Waals surface area contributed by atoms with Crippen LogP contribution in [-0.4, -0.2) is 23.9 Å². The van der Waals surface area contributed by atoms with Gasteiger partial charge in [-0.05, 0) is 52.9 Å². The minimum atomic E-state index is -0.439. The molecule has 2 rings (SSSR count). The van der Waals surface area contributed by atoms with Gasteiger partial charge in [-0.2, -0.15) is 0 Å². The molecule has 0 heterocycles. The number of anilines is 1. The van der Waals surface area contributed by atoms with Crippen LogP contribution < -0.4 is 10.6 Å². The molecule has 0 saturated heterocycles. The van der Waals surface area contributed by atoms with Crippen LogP contribution in [0.3, 0.4) is 0 Å². The third kappa shape index (κ3) is 4.69. The van der Waals surface area contributed by atoms with Crippen molar-refractivity contribution >= 4 is 39.9 Å². The summed E-state index contributed by atoms with van der Waals surface area (Å²) >= 11 is 2.16. The average Bonchev–Trinajstić information content (AvgIpc) is 2.51. The number of nitro benzene ring substituents is 1. The van der Waals surface area contributed by atoms with Gasteiger partial charge < -0.3 is 10.6 Å². The molecule has 0 radical (unpaired) electrons. The maximum Gasteiger partial charge on any atom is 0.269 e. The second-order valence-electron chi connectivity index (χ2n) is 4.50. The highest BCUT2D eigenvalue weighted by atomic mass is 127. The van der Waals surface area contributed by atoms with Crippen LogP contribution in [0.15, 0.2) is 48.5 Å². The van der Waals surface area contributed by atoms with Gasteiger partial charge in [0.15, 0.2) is 0 Å². The number of nitro groups is 1. The lowest BCUT2D eigenvalue weighted by molar-refractivity contribution is -0.384. The second kappa shape index (κ2) is 7.74. The number of rotatable bonds is 6. The van der Waals surface area contributed by atoms with E-state index in [0.29, 0.717) is 18.7 Å². The van der Waals surface area contributed by atoms with Crippen molar-refractivity contribution in [3.63, 3.8) is 0 Å². The number of hydrogen-bond acceptors (Lipinski definition) is 4. The van der Waals surface area contributed by atoms with Gasteiger partial charge in [-0.15, -0.1) is 0 Å². The average molecular weight is 411 g/mol. The lowest BCUT2D eigenvalue weighted by atomic mass is 10.2. The van der Waals surface area contributed by atoms with Crippen LogP contribution in [0.2, 0.25) is 0 Å². The molecule has 0 fully saturated rings. The Kier molecular flexibility index (Phi) is 5.70. The fourth-order valence-corrected chi connectivity index (χ4v) is 2.36. The SMILES string of the molecule is O=C(NCCNc1ccc([N+](=O)[O-])cc1)c1cccc(I)c1. The third-order valence-corrected chi connectivity index (χ3v) is 3.58. The van der Waals surface area contributed by atoms with Crippen molar-refractivity contribution in [3.8, 4) is 0 Å². The molecule has 2 aromatic carbocycles. The number of non-ortho nitro benzene ring substituents is 1. The van der Waals surface area contributed by atoms with E-state index in [9.17, 15) is 14.9 Å². The first kappa shape index (κ1) is 16.2. The van der Waals surface area contributed by atoms with Gasteiger partial charge in [-0.1, -0.05) is 6.07 Å². The number of amides is 1. The number of carbonyl (C=O) groups is 1. The minimum absolute atomic E-state index is 0.0533. The predicted molar refractivity (Wildman–Crippen MR) is 93.1 cm³/mol. The standard InChI is InChI=1S/C15H14IN3O3/c16-12-3-1-2-11(10-12)15(20)18-9-8-17-13-4-6-14(7-5-13)19(21)22/h1-7,10,17H,8-9H2,(H,18,20). The fraction of sp³-hybridized carbons (Fsp3) is 0.133. The molecule has 0 saturated carbocycles. The molecule has 2 aromatic rings. The van der Waals surface area contributed by atoms with Crippen molar-refractivity contribution in [2.75, 3.05) is 18.4 Å². The molecule has 114 valence electrons. The van der Waals surface area contributed by atoms with E-state index in [1.54, 1.807) is 18.2 Å². The van der Waals surface area contributed by atoms with Gasteiger partial charge >= 0.3 is 0 Å². The number of benzene rings is 2. The normalized spacial score (nSPS) is 10.0. The van der Waals surface area contributed by atoms with Crippen LogP contribution in [0.1, 0.15) is 10.4 Å². The molecule has 7 heteroatoms. The van der Waals surface area contributed by atoms with Crippen molar-refractivity contribution in [3.05, 3.63) is 67.8 Å². The molecule has 1 amide bonds. The van der Waals surface area contributed by atoms with Crippen molar-refractivity contribution < 1.29 is 9.72 Å². The zero-order valence-corrected chi connectivity index (χ0v) is 13.7. The lowest BCUT2D eigenvalue weighted by Crippen LogP contribution is -2.28. The highest BCUT2D eigenvalue weighted by Crippen LogP contribution is 2.14. The van der Waals surface area contributed by atoms with Crippen LogP contribution in [0.5, 0.6) is 0 Å². The van der Waals surface area contributed by atoms with Crippen LogP contribution >= 0.6 is 22.6 Å². The molecule has 2 N–H and O–H groups in total. The fourth-order valence-electron chi connectivity index (χ4n) is 1.82. The van der Waals surface area contributed by atoms with E-state index >= 15 is 0 Å². The van der Waals surface area contributed by atoms with Gasteiger partial charge in [-0.3, -0.25) is 14.9 Å². The van der Waals surface area contributed by atoms with Crippen LogP contribution in [-0.2, 0) is 0 Å². The van der Waals surface area contributed by atoms with Crippen LogP contribution in [0.4, 0.5) is 11.4 Å². The first-order valence-electron chi connectivity index (χ1n) is 6.58. The number of nitrogens with one attached hydrogen (secondary N) is 2. The highest BCUT2D eigenvalue weighted by Gasteiger charge is 2.05. The summed E-state index contributed by atoms with van der Waals surface area (Å²) in [6.07, 6.45) is 0.